The molecule has 0 aliphatic heterocycles. The standard InChI is InChI=1S/C9H11ClO2/c1-6(10)5-7-8(11)3-4-9(7,2)12/h3-4,7,12H,1,5H2,2H3. The van der Waals surface area contributed by atoms with Crippen molar-refractivity contribution in [3.63, 3.8) is 0 Å². The molecule has 2 atom stereocenters. The zero-order chi connectivity index (χ0) is 9.35. The van der Waals surface area contributed by atoms with Crippen LogP contribution in [-0.4, -0.2) is 16.5 Å². The maximum Gasteiger partial charge on any atom is 0.162 e. The van der Waals surface area contributed by atoms with E-state index in [4.69, 9.17) is 11.6 Å². The van der Waals surface area contributed by atoms with Gasteiger partial charge in [-0.2, -0.15) is 0 Å². The molecule has 0 aromatic rings. The van der Waals surface area contributed by atoms with Crippen LogP contribution in [0.1, 0.15) is 13.3 Å². The Bertz CT molecular complexity index is 253. The molecule has 0 spiro atoms. The minimum atomic E-state index is -1.06. The first kappa shape index (κ1) is 9.49. The highest BCUT2D eigenvalue weighted by atomic mass is 35.5. The molecule has 0 aromatic heterocycles. The van der Waals surface area contributed by atoms with E-state index in [2.05, 4.69) is 6.58 Å². The molecule has 0 saturated carbocycles. The summed E-state index contributed by atoms with van der Waals surface area (Å²) < 4.78 is 0. The number of halogens is 1. The number of carbonyl (C=O) groups excluding carboxylic acids is 1. The van der Waals surface area contributed by atoms with Gasteiger partial charge in [0.1, 0.15) is 0 Å². The van der Waals surface area contributed by atoms with Crippen LogP contribution in [0.4, 0.5) is 0 Å². The first-order valence-corrected chi connectivity index (χ1v) is 4.10. The van der Waals surface area contributed by atoms with E-state index in [1.54, 1.807) is 6.92 Å². The molecule has 1 rings (SSSR count). The third kappa shape index (κ3) is 1.76. The van der Waals surface area contributed by atoms with Gasteiger partial charge in [-0.15, -0.1) is 0 Å². The second kappa shape index (κ2) is 3.04. The van der Waals surface area contributed by atoms with E-state index in [1.165, 1.54) is 12.2 Å². The lowest BCUT2D eigenvalue weighted by Crippen LogP contribution is -2.32. The van der Waals surface area contributed by atoms with Crippen LogP contribution < -0.4 is 0 Å². The number of aliphatic hydroxyl groups is 1. The Morgan fingerprint density at radius 2 is 2.50 bits per heavy atom. The summed E-state index contributed by atoms with van der Waals surface area (Å²) in [5.74, 6) is -0.538. The summed E-state index contributed by atoms with van der Waals surface area (Å²) in [4.78, 5) is 11.2. The van der Waals surface area contributed by atoms with E-state index in [0.717, 1.165) is 0 Å². The fraction of sp³-hybridized carbons (Fsp3) is 0.444. The molecule has 0 aromatic carbocycles. The molecule has 0 amide bonds. The molecule has 0 fully saturated rings. The van der Waals surface area contributed by atoms with Crippen molar-refractivity contribution in [2.24, 2.45) is 5.92 Å². The Morgan fingerprint density at radius 3 is 2.83 bits per heavy atom. The molecule has 0 bridgehead atoms. The number of carbonyl (C=O) groups is 1. The van der Waals surface area contributed by atoms with Gasteiger partial charge in [-0.05, 0) is 25.5 Å². The molecule has 2 unspecified atom stereocenters. The predicted octanol–water partition coefficient (Wildman–Crippen LogP) is 1.64. The van der Waals surface area contributed by atoms with Crippen molar-refractivity contribution in [2.45, 2.75) is 18.9 Å². The van der Waals surface area contributed by atoms with E-state index < -0.39 is 11.5 Å². The topological polar surface area (TPSA) is 37.3 Å². The normalized spacial score (nSPS) is 34.2. The summed E-state index contributed by atoms with van der Waals surface area (Å²) in [5, 5.41) is 10.1. The number of hydrogen-bond donors (Lipinski definition) is 1. The van der Waals surface area contributed by atoms with Gasteiger partial charge in [0.05, 0.1) is 11.5 Å². The fourth-order valence-corrected chi connectivity index (χ4v) is 1.45. The van der Waals surface area contributed by atoms with Crippen molar-refractivity contribution in [3.05, 3.63) is 23.8 Å². The van der Waals surface area contributed by atoms with Crippen LogP contribution in [-0.2, 0) is 4.79 Å². The van der Waals surface area contributed by atoms with Gasteiger partial charge in [-0.3, -0.25) is 4.79 Å². The van der Waals surface area contributed by atoms with Gasteiger partial charge in [-0.25, -0.2) is 0 Å². The van der Waals surface area contributed by atoms with E-state index >= 15 is 0 Å². The second-order valence-electron chi connectivity index (χ2n) is 3.24. The summed E-state index contributed by atoms with van der Waals surface area (Å²) in [6.07, 6.45) is 3.23. The van der Waals surface area contributed by atoms with Crippen LogP contribution in [0.25, 0.3) is 0 Å². The molecule has 1 N–H and O–H groups in total. The van der Waals surface area contributed by atoms with Crippen LogP contribution >= 0.6 is 11.6 Å². The summed E-state index contributed by atoms with van der Waals surface area (Å²) in [6.45, 7) is 5.09. The molecule has 0 radical (unpaired) electrons. The van der Waals surface area contributed by atoms with Gasteiger partial charge < -0.3 is 5.11 Å². The van der Waals surface area contributed by atoms with Crippen LogP contribution in [0.3, 0.4) is 0 Å². The van der Waals surface area contributed by atoms with Gasteiger partial charge in [0, 0.05) is 5.03 Å². The highest BCUT2D eigenvalue weighted by Crippen LogP contribution is 2.31. The second-order valence-corrected chi connectivity index (χ2v) is 3.77. The molecule has 2 nitrogen and oxygen atoms in total. The smallest absolute Gasteiger partial charge is 0.162 e. The zero-order valence-corrected chi connectivity index (χ0v) is 7.64. The maximum atomic E-state index is 11.2. The third-order valence-corrected chi connectivity index (χ3v) is 2.21. The molecule has 3 heteroatoms. The molecular weight excluding hydrogens is 176 g/mol. The molecular formula is C9H11ClO2. The Kier molecular flexibility index (Phi) is 2.40. The highest BCUT2D eigenvalue weighted by molar-refractivity contribution is 6.29. The SMILES string of the molecule is C=C(Cl)CC1C(=O)C=CC1(C)O. The average Bonchev–Trinajstić information content (AvgIpc) is 2.15. The highest BCUT2D eigenvalue weighted by Gasteiger charge is 2.38. The van der Waals surface area contributed by atoms with Crippen molar-refractivity contribution in [2.75, 3.05) is 0 Å². The molecule has 12 heavy (non-hydrogen) atoms. The summed E-state index contributed by atoms with van der Waals surface area (Å²) in [5.41, 5.74) is -1.06. The number of hydrogen-bond acceptors (Lipinski definition) is 2. The Morgan fingerprint density at radius 1 is 1.92 bits per heavy atom. The zero-order valence-electron chi connectivity index (χ0n) is 6.88. The number of allylic oxidation sites excluding steroid dienone is 2. The summed E-state index contributed by atoms with van der Waals surface area (Å²) in [6, 6.07) is 0. The molecule has 0 saturated heterocycles. The summed E-state index contributed by atoms with van der Waals surface area (Å²) in [7, 11) is 0. The lowest BCUT2D eigenvalue weighted by atomic mass is 9.89. The van der Waals surface area contributed by atoms with Gasteiger partial charge in [0.15, 0.2) is 5.78 Å². The molecule has 1 aliphatic rings. The van der Waals surface area contributed by atoms with E-state index in [9.17, 15) is 9.90 Å². The Labute approximate surface area is 76.5 Å². The van der Waals surface area contributed by atoms with E-state index in [-0.39, 0.29) is 5.78 Å². The Balaban J connectivity index is 2.76. The summed E-state index contributed by atoms with van der Waals surface area (Å²) >= 11 is 5.56. The Hall–Kier alpha value is -0.600. The maximum absolute atomic E-state index is 11.2. The fourth-order valence-electron chi connectivity index (χ4n) is 1.30. The third-order valence-electron chi connectivity index (χ3n) is 2.06. The first-order valence-electron chi connectivity index (χ1n) is 3.72. The van der Waals surface area contributed by atoms with Crippen LogP contribution in [0.15, 0.2) is 23.8 Å². The van der Waals surface area contributed by atoms with Gasteiger partial charge in [0.2, 0.25) is 0 Å². The minimum absolute atomic E-state index is 0.0817. The van der Waals surface area contributed by atoms with Gasteiger partial charge in [-0.1, -0.05) is 18.2 Å². The minimum Gasteiger partial charge on any atom is -0.385 e. The first-order chi connectivity index (χ1) is 5.43. The molecule has 0 heterocycles. The molecule has 1 aliphatic carbocycles. The lowest BCUT2D eigenvalue weighted by molar-refractivity contribution is -0.121. The number of ketones is 1. The lowest BCUT2D eigenvalue weighted by Gasteiger charge is -2.22. The quantitative estimate of drug-likeness (QED) is 0.712. The van der Waals surface area contributed by atoms with Crippen molar-refractivity contribution in [1.82, 2.24) is 0 Å². The molecule has 66 valence electrons. The van der Waals surface area contributed by atoms with Crippen LogP contribution in [0.2, 0.25) is 0 Å². The van der Waals surface area contributed by atoms with Crippen LogP contribution in [0.5, 0.6) is 0 Å². The predicted molar refractivity (Wildman–Crippen MR) is 47.9 cm³/mol. The van der Waals surface area contributed by atoms with Crippen molar-refractivity contribution < 1.29 is 9.90 Å². The van der Waals surface area contributed by atoms with Gasteiger partial charge in [0.25, 0.3) is 0 Å². The average molecular weight is 187 g/mol. The van der Waals surface area contributed by atoms with Gasteiger partial charge >= 0.3 is 0 Å². The van der Waals surface area contributed by atoms with E-state index in [1.807, 2.05) is 0 Å². The van der Waals surface area contributed by atoms with Crippen molar-refractivity contribution in [1.29, 1.82) is 0 Å². The van der Waals surface area contributed by atoms with E-state index in [0.29, 0.717) is 11.5 Å². The van der Waals surface area contributed by atoms with Crippen LogP contribution in [0, 0.1) is 5.92 Å². The van der Waals surface area contributed by atoms with Crippen molar-refractivity contribution in [3.8, 4) is 0 Å². The largest absolute Gasteiger partial charge is 0.385 e. The monoisotopic (exact) mass is 186 g/mol. The van der Waals surface area contributed by atoms with Crippen molar-refractivity contribution >= 4 is 17.4 Å². The number of rotatable bonds is 2.